The molecule has 1 heterocycles. The quantitative estimate of drug-likeness (QED) is 0.628. The number of fused-ring (bicyclic) bond motifs is 1. The van der Waals surface area contributed by atoms with Crippen LogP contribution in [-0.4, -0.2) is 10.9 Å². The molecule has 0 bridgehead atoms. The van der Waals surface area contributed by atoms with Crippen molar-refractivity contribution in [3.63, 3.8) is 0 Å². The van der Waals surface area contributed by atoms with E-state index >= 15 is 0 Å². The summed E-state index contributed by atoms with van der Waals surface area (Å²) in [5.41, 5.74) is -0.608. The predicted molar refractivity (Wildman–Crippen MR) is 101 cm³/mol. The van der Waals surface area contributed by atoms with Gasteiger partial charge < -0.3 is 10.3 Å². The van der Waals surface area contributed by atoms with E-state index in [0.717, 1.165) is 12.1 Å². The summed E-state index contributed by atoms with van der Waals surface area (Å²) in [6, 6.07) is 7.54. The summed E-state index contributed by atoms with van der Waals surface area (Å²) in [5.74, 6) is -1.14. The Morgan fingerprint density at radius 2 is 1.90 bits per heavy atom. The second-order valence-electron chi connectivity index (χ2n) is 6.68. The molecule has 0 fully saturated rings. The summed E-state index contributed by atoms with van der Waals surface area (Å²) >= 11 is 0. The number of pyridine rings is 1. The highest BCUT2D eigenvalue weighted by Gasteiger charge is 2.32. The first-order chi connectivity index (χ1) is 13.6. The lowest BCUT2D eigenvalue weighted by Crippen LogP contribution is -2.30. The average Bonchev–Trinajstić information content (AvgIpc) is 2.64. The van der Waals surface area contributed by atoms with Gasteiger partial charge in [0.15, 0.2) is 0 Å². The minimum absolute atomic E-state index is 0.00115. The van der Waals surface area contributed by atoms with Crippen molar-refractivity contribution in [1.82, 2.24) is 10.3 Å². The number of carbonyl (C=O) groups excluding carboxylic acids is 1. The smallest absolute Gasteiger partial charge is 0.348 e. The number of amides is 1. The molecule has 0 unspecified atom stereocenters. The van der Waals surface area contributed by atoms with Crippen LogP contribution in [0.2, 0.25) is 0 Å². The molecule has 1 aromatic heterocycles. The van der Waals surface area contributed by atoms with Gasteiger partial charge in [0.05, 0.1) is 5.56 Å². The topological polar surface area (TPSA) is 62.0 Å². The van der Waals surface area contributed by atoms with Crippen molar-refractivity contribution in [3.05, 3.63) is 80.4 Å². The van der Waals surface area contributed by atoms with Gasteiger partial charge in [-0.2, -0.15) is 13.2 Å². The number of benzene rings is 2. The maximum atomic E-state index is 13.3. The Morgan fingerprint density at radius 1 is 1.17 bits per heavy atom. The predicted octanol–water partition coefficient (Wildman–Crippen LogP) is 4.49. The minimum atomic E-state index is -4.55. The highest BCUT2D eigenvalue weighted by molar-refractivity contribution is 6.00. The van der Waals surface area contributed by atoms with Crippen molar-refractivity contribution < 1.29 is 22.4 Å². The highest BCUT2D eigenvalue weighted by atomic mass is 19.4. The molecule has 1 amide bonds. The van der Waals surface area contributed by atoms with Gasteiger partial charge >= 0.3 is 6.18 Å². The second kappa shape index (κ2) is 7.69. The van der Waals surface area contributed by atoms with Crippen molar-refractivity contribution in [1.29, 1.82) is 0 Å². The number of halogens is 4. The van der Waals surface area contributed by atoms with Crippen LogP contribution in [0.5, 0.6) is 0 Å². The molecule has 8 heteroatoms. The molecule has 152 valence electrons. The van der Waals surface area contributed by atoms with Crippen LogP contribution in [0.3, 0.4) is 0 Å². The summed E-state index contributed by atoms with van der Waals surface area (Å²) in [6.07, 6.45) is -4.26. The zero-order chi connectivity index (χ0) is 21.3. The number of aromatic amines is 1. The third-order valence-electron chi connectivity index (χ3n) is 4.72. The molecule has 0 aliphatic carbocycles. The van der Waals surface area contributed by atoms with Crippen LogP contribution in [-0.2, 0) is 19.1 Å². The van der Waals surface area contributed by atoms with E-state index in [1.165, 1.54) is 25.1 Å². The van der Waals surface area contributed by atoms with E-state index < -0.39 is 29.0 Å². The number of hydrogen-bond acceptors (Lipinski definition) is 2. The van der Waals surface area contributed by atoms with Gasteiger partial charge in [0.1, 0.15) is 11.4 Å². The summed E-state index contributed by atoms with van der Waals surface area (Å²) < 4.78 is 52.7. The number of nitrogens with one attached hydrogen (secondary N) is 2. The Balaban J connectivity index is 2.04. The van der Waals surface area contributed by atoms with E-state index in [1.54, 1.807) is 13.0 Å². The van der Waals surface area contributed by atoms with Crippen LogP contribution in [0, 0.1) is 12.7 Å². The molecule has 2 aromatic carbocycles. The molecule has 29 heavy (non-hydrogen) atoms. The van der Waals surface area contributed by atoms with E-state index in [4.69, 9.17) is 0 Å². The SMILES string of the molecule is CCc1cc(C(F)(F)F)cc2[nH]c(=O)c(C(=O)NCc3cccc(F)c3)c(C)c12. The fourth-order valence-electron chi connectivity index (χ4n) is 3.36. The van der Waals surface area contributed by atoms with Crippen molar-refractivity contribution >= 4 is 16.8 Å². The van der Waals surface area contributed by atoms with Crippen LogP contribution < -0.4 is 10.9 Å². The largest absolute Gasteiger partial charge is 0.416 e. The molecule has 0 radical (unpaired) electrons. The number of hydrogen-bond donors (Lipinski definition) is 2. The lowest BCUT2D eigenvalue weighted by atomic mass is 9.96. The molecule has 2 N–H and O–H groups in total. The van der Waals surface area contributed by atoms with E-state index in [-0.39, 0.29) is 24.0 Å². The van der Waals surface area contributed by atoms with E-state index in [9.17, 15) is 27.2 Å². The lowest BCUT2D eigenvalue weighted by Gasteiger charge is -2.15. The minimum Gasteiger partial charge on any atom is -0.348 e. The van der Waals surface area contributed by atoms with Crippen LogP contribution in [0.4, 0.5) is 17.6 Å². The molecule has 3 rings (SSSR count). The zero-order valence-corrected chi connectivity index (χ0v) is 15.7. The lowest BCUT2D eigenvalue weighted by molar-refractivity contribution is -0.137. The third kappa shape index (κ3) is 4.16. The third-order valence-corrected chi connectivity index (χ3v) is 4.72. The van der Waals surface area contributed by atoms with Crippen molar-refractivity contribution in [2.75, 3.05) is 0 Å². The molecular formula is C21H18F4N2O2. The Morgan fingerprint density at radius 3 is 2.52 bits per heavy atom. The molecular weight excluding hydrogens is 388 g/mol. The zero-order valence-electron chi connectivity index (χ0n) is 15.7. The first-order valence-corrected chi connectivity index (χ1v) is 8.91. The molecule has 4 nitrogen and oxygen atoms in total. The first-order valence-electron chi connectivity index (χ1n) is 8.91. The number of rotatable bonds is 4. The van der Waals surface area contributed by atoms with Gasteiger partial charge in [-0.3, -0.25) is 9.59 Å². The standard InChI is InChI=1S/C21H18F4N2O2/c1-3-13-8-14(21(23,24)25)9-16-17(13)11(2)18(20(29)27-16)19(28)26-10-12-5-4-6-15(22)7-12/h4-9H,3,10H2,1-2H3,(H,26,28)(H,27,29). The van der Waals surface area contributed by atoms with Crippen LogP contribution in [0.1, 0.15) is 39.5 Å². The van der Waals surface area contributed by atoms with E-state index in [2.05, 4.69) is 10.3 Å². The van der Waals surface area contributed by atoms with Gasteiger partial charge in [0.25, 0.3) is 11.5 Å². The van der Waals surface area contributed by atoms with Gasteiger partial charge in [-0.1, -0.05) is 19.1 Å². The Bertz CT molecular complexity index is 1150. The number of aryl methyl sites for hydroxylation is 2. The molecule has 3 aromatic rings. The Kier molecular flexibility index (Phi) is 5.46. The maximum absolute atomic E-state index is 13.3. The fourth-order valence-corrected chi connectivity index (χ4v) is 3.36. The maximum Gasteiger partial charge on any atom is 0.416 e. The summed E-state index contributed by atoms with van der Waals surface area (Å²) in [6.45, 7) is 3.23. The van der Waals surface area contributed by atoms with E-state index in [1.807, 2.05) is 0 Å². The monoisotopic (exact) mass is 406 g/mol. The van der Waals surface area contributed by atoms with Crippen LogP contribution in [0.25, 0.3) is 10.9 Å². The summed E-state index contributed by atoms with van der Waals surface area (Å²) in [5, 5.41) is 2.97. The van der Waals surface area contributed by atoms with Crippen LogP contribution in [0.15, 0.2) is 41.2 Å². The number of aromatic nitrogens is 1. The molecule has 0 spiro atoms. The summed E-state index contributed by atoms with van der Waals surface area (Å²) in [4.78, 5) is 27.5. The summed E-state index contributed by atoms with van der Waals surface area (Å²) in [7, 11) is 0. The van der Waals surface area contributed by atoms with Crippen molar-refractivity contribution in [2.45, 2.75) is 33.0 Å². The first kappa shape index (κ1) is 20.6. The Labute approximate surface area is 163 Å². The second-order valence-corrected chi connectivity index (χ2v) is 6.68. The van der Waals surface area contributed by atoms with Crippen molar-refractivity contribution in [3.8, 4) is 0 Å². The van der Waals surface area contributed by atoms with Crippen LogP contribution >= 0.6 is 0 Å². The van der Waals surface area contributed by atoms with Crippen molar-refractivity contribution in [2.24, 2.45) is 0 Å². The van der Waals surface area contributed by atoms with Gasteiger partial charge in [-0.25, -0.2) is 4.39 Å². The number of H-pyrrole nitrogens is 1. The number of carbonyl (C=O) groups is 1. The molecule has 0 saturated carbocycles. The normalized spacial score (nSPS) is 11.7. The molecule has 0 saturated heterocycles. The number of alkyl halides is 3. The van der Waals surface area contributed by atoms with Gasteiger partial charge in [0.2, 0.25) is 0 Å². The Hall–Kier alpha value is -3.16. The van der Waals surface area contributed by atoms with Gasteiger partial charge in [0, 0.05) is 17.4 Å². The fraction of sp³-hybridized carbons (Fsp3) is 0.238. The molecule has 0 atom stereocenters. The van der Waals surface area contributed by atoms with Gasteiger partial charge in [-0.15, -0.1) is 0 Å². The molecule has 0 aliphatic rings. The average molecular weight is 406 g/mol. The molecule has 0 aliphatic heterocycles. The van der Waals surface area contributed by atoms with E-state index in [0.29, 0.717) is 22.1 Å². The highest BCUT2D eigenvalue weighted by Crippen LogP contribution is 2.34. The van der Waals surface area contributed by atoms with Gasteiger partial charge in [-0.05, 0) is 54.3 Å².